The number of amides is 3. The van der Waals surface area contributed by atoms with Gasteiger partial charge in [-0.2, -0.15) is 0 Å². The first-order valence-electron chi connectivity index (χ1n) is 26.2. The number of H-pyrrole nitrogens is 2. The van der Waals surface area contributed by atoms with Crippen molar-refractivity contribution < 1.29 is 19.2 Å². The molecular weight excluding hydrogens is 1170 g/mol. The standard InChI is InChI=1S/C30H33ClN8O2.C24H24ClN7O.C4H4BrClO.CH4/c1-39(2)14-6-11-27(40)35-21-12-13-26(32-16-21)29(41)36-19-7-5-8-20(15-19)37-30-34-18-24(31)28(38-30)23-17-33-25-10-4-3-9-22(23)25;25-19-13-29-24(32-22(19)18-12-28-20-7-2-1-6-17(18)20)31-16-5-3-4-15(10-16)30-23(33)21-9-8-14(26)11-27-21;5-3-1-2-4(6)7;/h3-4,6,9-13,16-20,33H,5,7-8,14-15H2,1-2H3,(H,35,40)(H,36,41)(H,34,37,38);1-2,6-9,11-13,15-16,28H,3-5,10,26H2,(H,30,33)(H,29,31,32);1-2H,3H2;1H4/b11-6+;;2-1+;/t19-,20+;15-,16+;;/m00../s1. The van der Waals surface area contributed by atoms with Gasteiger partial charge in [0.05, 0.1) is 57.6 Å². The molecule has 23 heteroatoms. The maximum atomic E-state index is 12.9. The molecule has 2 fully saturated rings. The number of likely N-dealkylation sites (N-methyl/N-ethyl adjacent to an activating group) is 1. The minimum absolute atomic E-state index is 0. The molecule has 0 radical (unpaired) electrons. The normalized spacial score (nSPS) is 16.8. The molecule has 8 aromatic rings. The molecule has 6 heterocycles. The first-order chi connectivity index (χ1) is 39.2. The highest BCUT2D eigenvalue weighted by atomic mass is 79.9. The number of allylic oxidation sites excluding steroid dienone is 2. The van der Waals surface area contributed by atoms with Gasteiger partial charge in [-0.1, -0.05) is 95.1 Å². The Morgan fingerprint density at radius 3 is 1.61 bits per heavy atom. The number of carbonyl (C=O) groups excluding carboxylic acids is 4. The third-order valence-electron chi connectivity index (χ3n) is 13.2. The summed E-state index contributed by atoms with van der Waals surface area (Å²) in [5.41, 5.74) is 12.6. The predicted molar refractivity (Wildman–Crippen MR) is 333 cm³/mol. The molecule has 9 N–H and O–H groups in total. The van der Waals surface area contributed by atoms with Crippen molar-refractivity contribution in [3.8, 4) is 22.5 Å². The molecule has 0 spiro atoms. The van der Waals surface area contributed by atoms with Crippen molar-refractivity contribution >= 4 is 119 Å². The topological polar surface area (TPSA) is 267 Å². The molecular formula is C59H65BrCl3N15O4. The van der Waals surface area contributed by atoms with Crippen molar-refractivity contribution in [2.24, 2.45) is 0 Å². The first-order valence-corrected chi connectivity index (χ1v) is 28.5. The van der Waals surface area contributed by atoms with Gasteiger partial charge >= 0.3 is 0 Å². The van der Waals surface area contributed by atoms with Crippen LogP contribution in [0.2, 0.25) is 10.0 Å². The lowest BCUT2D eigenvalue weighted by atomic mass is 9.91. The average Bonchev–Trinajstić information content (AvgIpc) is 4.16. The minimum atomic E-state index is -0.431. The van der Waals surface area contributed by atoms with E-state index >= 15 is 0 Å². The van der Waals surface area contributed by atoms with E-state index in [1.54, 1.807) is 48.8 Å². The number of nitrogens with two attached hydrogens (primary N) is 1. The Labute approximate surface area is 499 Å². The highest BCUT2D eigenvalue weighted by Gasteiger charge is 2.27. The Bertz CT molecular complexity index is 3500. The predicted octanol–water partition coefficient (Wildman–Crippen LogP) is 11.6. The van der Waals surface area contributed by atoms with Gasteiger partial charge in [-0.05, 0) is 120 Å². The second kappa shape index (κ2) is 30.3. The van der Waals surface area contributed by atoms with Gasteiger partial charge in [-0.25, -0.2) is 29.9 Å². The smallest absolute Gasteiger partial charge is 0.270 e. The van der Waals surface area contributed by atoms with Crippen LogP contribution in [0.1, 0.15) is 79.8 Å². The molecule has 2 aromatic carbocycles. The number of fused-ring (bicyclic) bond motifs is 2. The molecule has 2 aliphatic rings. The van der Waals surface area contributed by atoms with Crippen LogP contribution in [0.25, 0.3) is 44.3 Å². The molecule has 10 rings (SSSR count). The summed E-state index contributed by atoms with van der Waals surface area (Å²) in [6.45, 7) is 0.668. The van der Waals surface area contributed by atoms with Crippen LogP contribution in [0, 0.1) is 0 Å². The summed E-state index contributed by atoms with van der Waals surface area (Å²) < 4.78 is 0. The van der Waals surface area contributed by atoms with Gasteiger partial charge in [0.25, 0.3) is 11.8 Å². The van der Waals surface area contributed by atoms with Crippen LogP contribution < -0.4 is 32.3 Å². The zero-order valence-corrected chi connectivity index (χ0v) is 48.3. The van der Waals surface area contributed by atoms with Crippen LogP contribution in [0.3, 0.4) is 0 Å². The number of alkyl halides is 1. The number of anilines is 4. The minimum Gasteiger partial charge on any atom is -0.397 e. The van der Waals surface area contributed by atoms with E-state index in [-0.39, 0.29) is 49.3 Å². The fraction of sp³-hybridized carbons (Fsp3) is 0.288. The number of benzene rings is 2. The molecule has 82 heavy (non-hydrogen) atoms. The fourth-order valence-electron chi connectivity index (χ4n) is 9.41. The quantitative estimate of drug-likeness (QED) is 0.0254. The monoisotopic (exact) mass is 1230 g/mol. The van der Waals surface area contributed by atoms with E-state index in [9.17, 15) is 19.2 Å². The molecule has 428 valence electrons. The van der Waals surface area contributed by atoms with Crippen LogP contribution in [0.5, 0.6) is 0 Å². The lowest BCUT2D eigenvalue weighted by Crippen LogP contribution is -2.42. The number of nitrogens with zero attached hydrogens (tertiary/aromatic N) is 7. The van der Waals surface area contributed by atoms with Crippen molar-refractivity contribution in [1.82, 2.24) is 55.4 Å². The number of aromatic nitrogens is 8. The number of para-hydroxylation sites is 2. The molecule has 2 saturated carbocycles. The van der Waals surface area contributed by atoms with Crippen molar-refractivity contribution in [3.05, 3.63) is 156 Å². The van der Waals surface area contributed by atoms with Crippen LogP contribution in [0.4, 0.5) is 23.3 Å². The number of hydrogen-bond acceptors (Lipinski definition) is 14. The second-order valence-corrected chi connectivity index (χ2v) is 21.4. The molecule has 19 nitrogen and oxygen atoms in total. The molecule has 0 unspecified atom stereocenters. The molecule has 4 atom stereocenters. The van der Waals surface area contributed by atoms with Crippen molar-refractivity contribution in [2.75, 3.05) is 47.7 Å². The Kier molecular flexibility index (Phi) is 22.9. The van der Waals surface area contributed by atoms with Gasteiger partial charge in [0.2, 0.25) is 23.0 Å². The van der Waals surface area contributed by atoms with Crippen LogP contribution in [-0.4, -0.2) is 118 Å². The second-order valence-electron chi connectivity index (χ2n) is 19.6. The first kappa shape index (κ1) is 61.9. The third kappa shape index (κ3) is 17.6. The largest absolute Gasteiger partial charge is 0.397 e. The number of halogens is 4. The van der Waals surface area contributed by atoms with E-state index in [1.807, 2.05) is 79.9 Å². The number of rotatable bonds is 16. The Balaban J connectivity index is 0.000000213. The van der Waals surface area contributed by atoms with Crippen LogP contribution in [-0.2, 0) is 9.59 Å². The molecule has 0 saturated heterocycles. The van der Waals surface area contributed by atoms with E-state index in [0.717, 1.165) is 84.3 Å². The number of carbonyl (C=O) groups is 4. The Morgan fingerprint density at radius 1 is 0.659 bits per heavy atom. The molecule has 2 aliphatic carbocycles. The van der Waals surface area contributed by atoms with E-state index in [2.05, 4.69) is 72.4 Å². The average molecular weight is 1230 g/mol. The van der Waals surface area contributed by atoms with Crippen LogP contribution in [0.15, 0.2) is 134 Å². The fourth-order valence-corrected chi connectivity index (χ4v) is 10.1. The van der Waals surface area contributed by atoms with Crippen molar-refractivity contribution in [2.45, 2.75) is 83.0 Å². The summed E-state index contributed by atoms with van der Waals surface area (Å²) in [5, 5.41) is 19.1. The summed E-state index contributed by atoms with van der Waals surface area (Å²) >= 11 is 20.9. The Morgan fingerprint density at radius 2 is 1.16 bits per heavy atom. The van der Waals surface area contributed by atoms with Gasteiger partial charge < -0.3 is 47.2 Å². The van der Waals surface area contributed by atoms with E-state index in [0.29, 0.717) is 68.0 Å². The van der Waals surface area contributed by atoms with Gasteiger partial charge in [-0.3, -0.25) is 19.2 Å². The summed E-state index contributed by atoms with van der Waals surface area (Å²) in [7, 11) is 3.85. The summed E-state index contributed by atoms with van der Waals surface area (Å²) in [5.74, 6) is 0.345. The SMILES string of the molecule is C.CN(C)C/C=C/C(=O)Nc1ccc(C(=O)N[C@H]2CCC[C@@H](Nc3ncc(Cl)c(-c4c[nH]c5ccccc45)n3)C2)nc1.Nc1ccc(C(=O)N[C@H]2CCC[C@@H](Nc3ncc(Cl)c(-c4c[nH]c5ccccc45)n3)C2)nc1.O=C(Cl)/C=C/CBr. The lowest BCUT2D eigenvalue weighted by Gasteiger charge is -2.30. The van der Waals surface area contributed by atoms with E-state index in [1.165, 1.54) is 24.5 Å². The highest BCUT2D eigenvalue weighted by Crippen LogP contribution is 2.35. The van der Waals surface area contributed by atoms with Crippen molar-refractivity contribution in [1.29, 1.82) is 0 Å². The van der Waals surface area contributed by atoms with Gasteiger partial charge in [0.15, 0.2) is 0 Å². The third-order valence-corrected chi connectivity index (χ3v) is 14.3. The highest BCUT2D eigenvalue weighted by molar-refractivity contribution is 9.09. The van der Waals surface area contributed by atoms with Gasteiger partial charge in [-0.15, -0.1) is 0 Å². The van der Waals surface area contributed by atoms with E-state index in [4.69, 9.17) is 50.5 Å². The molecule has 3 amide bonds. The lowest BCUT2D eigenvalue weighted by molar-refractivity contribution is -0.112. The number of aromatic amines is 2. The number of pyridine rings is 2. The zero-order chi connectivity index (χ0) is 57.3. The summed E-state index contributed by atoms with van der Waals surface area (Å²) in [6, 6.07) is 22.9. The molecule has 6 aromatic heterocycles. The van der Waals surface area contributed by atoms with E-state index < -0.39 is 5.24 Å². The number of nitrogens with one attached hydrogen (secondary N) is 7. The number of nitrogen functional groups attached to an aromatic ring is 1. The van der Waals surface area contributed by atoms with Crippen LogP contribution >= 0.6 is 50.7 Å². The zero-order valence-electron chi connectivity index (χ0n) is 44.4. The summed E-state index contributed by atoms with van der Waals surface area (Å²) in [4.78, 5) is 82.4. The molecule has 0 bridgehead atoms. The molecule has 0 aliphatic heterocycles. The van der Waals surface area contributed by atoms with Crippen molar-refractivity contribution in [3.63, 3.8) is 0 Å². The van der Waals surface area contributed by atoms with Gasteiger partial charge in [0, 0.05) is 87.4 Å². The Hall–Kier alpha value is -7.75. The maximum Gasteiger partial charge on any atom is 0.270 e. The van der Waals surface area contributed by atoms with Gasteiger partial charge in [0.1, 0.15) is 11.4 Å². The number of hydrogen-bond donors (Lipinski definition) is 8. The summed E-state index contributed by atoms with van der Waals surface area (Å²) in [6.07, 6.45) is 23.4. The maximum absolute atomic E-state index is 12.9.